The zero-order valence-electron chi connectivity index (χ0n) is 20.3. The molecule has 0 saturated heterocycles. The van der Waals surface area contributed by atoms with Gasteiger partial charge in [0.15, 0.2) is 0 Å². The zero-order valence-corrected chi connectivity index (χ0v) is 20.3. The molecule has 0 radical (unpaired) electrons. The van der Waals surface area contributed by atoms with Crippen LogP contribution in [-0.2, 0) is 15.1 Å². The fraction of sp³-hybridized carbons (Fsp3) is 0.280. The van der Waals surface area contributed by atoms with E-state index in [0.29, 0.717) is 27.3 Å². The number of ether oxygens (including phenoxy) is 2. The Balaban J connectivity index is 1.91. The molecule has 11 nitrogen and oxygen atoms in total. The fourth-order valence-corrected chi connectivity index (χ4v) is 4.30. The molecule has 2 amide bonds. The van der Waals surface area contributed by atoms with Crippen LogP contribution in [0.1, 0.15) is 40.3 Å². The highest BCUT2D eigenvalue weighted by molar-refractivity contribution is 6.17. The van der Waals surface area contributed by atoms with Gasteiger partial charge < -0.3 is 9.47 Å². The zero-order chi connectivity index (χ0) is 26.0. The van der Waals surface area contributed by atoms with Crippen molar-refractivity contribution in [3.8, 4) is 5.82 Å². The average Bonchev–Trinajstić information content (AvgIpc) is 3.17. The lowest BCUT2D eigenvalue weighted by atomic mass is 10.0. The lowest BCUT2D eigenvalue weighted by Gasteiger charge is -2.32. The molecule has 36 heavy (non-hydrogen) atoms. The first-order valence-corrected chi connectivity index (χ1v) is 11.2. The van der Waals surface area contributed by atoms with Gasteiger partial charge in [-0.15, -0.1) is 0 Å². The number of fused-ring (bicyclic) bond motifs is 5. The third kappa shape index (κ3) is 3.69. The van der Waals surface area contributed by atoms with Crippen molar-refractivity contribution in [2.45, 2.75) is 45.8 Å². The van der Waals surface area contributed by atoms with E-state index in [1.165, 1.54) is 18.3 Å². The first kappa shape index (κ1) is 23.2. The SMILES string of the molecule is CC(C)(C)OC(=O)N1C(=O)OC(C)(C)c2cc3ccncc3n2-c2cc3c1c([N+](=O)[O-])ccc3cn2. The second-order valence-electron chi connectivity index (χ2n) is 9.95. The quantitative estimate of drug-likeness (QED) is 0.249. The number of nitro groups is 1. The maximum absolute atomic E-state index is 13.7. The molecule has 1 aliphatic heterocycles. The van der Waals surface area contributed by atoms with Crippen LogP contribution in [-0.4, -0.2) is 37.2 Å². The summed E-state index contributed by atoms with van der Waals surface area (Å²) in [7, 11) is 0. The molecule has 5 rings (SSSR count). The highest BCUT2D eigenvalue weighted by Crippen LogP contribution is 2.41. The highest BCUT2D eigenvalue weighted by atomic mass is 16.6. The van der Waals surface area contributed by atoms with Gasteiger partial charge in [0.1, 0.15) is 22.7 Å². The molecular weight excluding hydrogens is 466 g/mol. The number of benzene rings is 1. The number of imide groups is 1. The average molecular weight is 489 g/mol. The van der Waals surface area contributed by atoms with Crippen LogP contribution in [0.25, 0.3) is 27.5 Å². The molecule has 11 heteroatoms. The van der Waals surface area contributed by atoms with Gasteiger partial charge in [-0.1, -0.05) is 0 Å². The van der Waals surface area contributed by atoms with E-state index in [4.69, 9.17) is 9.47 Å². The first-order valence-electron chi connectivity index (χ1n) is 11.2. The number of anilines is 1. The smallest absolute Gasteiger partial charge is 0.425 e. The number of carbonyl (C=O) groups is 2. The summed E-state index contributed by atoms with van der Waals surface area (Å²) in [6.45, 7) is 8.22. The predicted octanol–water partition coefficient (Wildman–Crippen LogP) is 5.61. The van der Waals surface area contributed by atoms with Crippen molar-refractivity contribution in [2.24, 2.45) is 0 Å². The number of aromatic nitrogens is 3. The van der Waals surface area contributed by atoms with Crippen LogP contribution in [0.2, 0.25) is 0 Å². The number of pyridine rings is 2. The second kappa shape index (κ2) is 7.74. The molecule has 3 aromatic heterocycles. The minimum atomic E-state index is -1.28. The van der Waals surface area contributed by atoms with Crippen LogP contribution in [0.4, 0.5) is 21.0 Å². The number of amides is 2. The Bertz CT molecular complexity index is 1580. The molecule has 184 valence electrons. The largest absolute Gasteiger partial charge is 0.443 e. The minimum absolute atomic E-state index is 0.255. The van der Waals surface area contributed by atoms with Gasteiger partial charge in [-0.05, 0) is 58.9 Å². The van der Waals surface area contributed by atoms with Gasteiger partial charge in [0.2, 0.25) is 0 Å². The molecule has 0 fully saturated rings. The number of nitrogens with zero attached hydrogens (tertiary/aromatic N) is 5. The number of rotatable bonds is 1. The van der Waals surface area contributed by atoms with Crippen LogP contribution < -0.4 is 4.90 Å². The van der Waals surface area contributed by atoms with E-state index in [1.807, 2.05) is 12.1 Å². The summed E-state index contributed by atoms with van der Waals surface area (Å²) in [5.41, 5.74) is -1.69. The number of hydrogen-bond acceptors (Lipinski definition) is 8. The van der Waals surface area contributed by atoms with E-state index < -0.39 is 34.0 Å². The number of hydrogen-bond donors (Lipinski definition) is 0. The second-order valence-corrected chi connectivity index (χ2v) is 9.95. The van der Waals surface area contributed by atoms with Crippen LogP contribution in [0, 0.1) is 10.1 Å². The number of carbonyl (C=O) groups excluding carboxylic acids is 2. The monoisotopic (exact) mass is 489 g/mol. The van der Waals surface area contributed by atoms with E-state index in [9.17, 15) is 19.7 Å². The lowest BCUT2D eigenvalue weighted by molar-refractivity contribution is -0.384. The first-order chi connectivity index (χ1) is 16.9. The maximum atomic E-state index is 13.7. The van der Waals surface area contributed by atoms with Gasteiger partial charge in [0.05, 0.1) is 22.3 Å². The molecule has 0 N–H and O–H groups in total. The molecular formula is C25H23N5O6. The predicted molar refractivity (Wildman–Crippen MR) is 131 cm³/mol. The van der Waals surface area contributed by atoms with Gasteiger partial charge >= 0.3 is 12.2 Å². The van der Waals surface area contributed by atoms with Crippen LogP contribution in [0.15, 0.2) is 48.9 Å². The Hall–Kier alpha value is -4.54. The van der Waals surface area contributed by atoms with E-state index in [1.54, 1.807) is 57.6 Å². The van der Waals surface area contributed by atoms with Gasteiger partial charge in [-0.2, -0.15) is 4.90 Å². The third-order valence-electron chi connectivity index (χ3n) is 5.81. The molecule has 4 heterocycles. The van der Waals surface area contributed by atoms with E-state index in [2.05, 4.69) is 9.97 Å². The van der Waals surface area contributed by atoms with E-state index in [-0.39, 0.29) is 11.1 Å². The molecule has 4 aromatic rings. The van der Waals surface area contributed by atoms with Crippen molar-refractivity contribution < 1.29 is 24.0 Å². The minimum Gasteiger partial charge on any atom is -0.443 e. The Morgan fingerprint density at radius 2 is 1.89 bits per heavy atom. The van der Waals surface area contributed by atoms with Gasteiger partial charge in [0, 0.05) is 34.6 Å². The van der Waals surface area contributed by atoms with Crippen molar-refractivity contribution in [1.29, 1.82) is 0 Å². The Labute approximate surface area is 205 Å². The van der Waals surface area contributed by atoms with Gasteiger partial charge in [0.25, 0.3) is 5.69 Å². The molecule has 0 atom stereocenters. The Morgan fingerprint density at radius 1 is 1.14 bits per heavy atom. The summed E-state index contributed by atoms with van der Waals surface area (Å²) in [5, 5.41) is 13.6. The molecule has 2 bridgehead atoms. The van der Waals surface area contributed by atoms with Gasteiger partial charge in [-0.3, -0.25) is 19.7 Å². The van der Waals surface area contributed by atoms with Crippen molar-refractivity contribution >= 4 is 45.2 Å². The lowest BCUT2D eigenvalue weighted by Crippen LogP contribution is -2.44. The highest BCUT2D eigenvalue weighted by Gasteiger charge is 2.41. The Morgan fingerprint density at radius 3 is 2.58 bits per heavy atom. The molecule has 0 spiro atoms. The van der Waals surface area contributed by atoms with E-state index in [0.717, 1.165) is 5.39 Å². The summed E-state index contributed by atoms with van der Waals surface area (Å²) < 4.78 is 13.1. The number of cyclic esters (lactones) is 1. The molecule has 1 aliphatic rings. The number of nitro benzene ring substituents is 1. The molecule has 1 aromatic carbocycles. The summed E-state index contributed by atoms with van der Waals surface area (Å²) >= 11 is 0. The fourth-order valence-electron chi connectivity index (χ4n) is 4.30. The van der Waals surface area contributed by atoms with Crippen molar-refractivity contribution in [3.05, 3.63) is 64.7 Å². The van der Waals surface area contributed by atoms with Crippen LogP contribution in [0.5, 0.6) is 0 Å². The van der Waals surface area contributed by atoms with Crippen LogP contribution in [0.3, 0.4) is 0 Å². The molecule has 0 unspecified atom stereocenters. The summed E-state index contributed by atoms with van der Waals surface area (Å²) in [6, 6.07) is 8.01. The summed E-state index contributed by atoms with van der Waals surface area (Å²) in [6.07, 6.45) is 2.64. The topological polar surface area (TPSA) is 130 Å². The van der Waals surface area contributed by atoms with Crippen molar-refractivity contribution in [1.82, 2.24) is 14.5 Å². The maximum Gasteiger partial charge on any atom is 0.425 e. The van der Waals surface area contributed by atoms with E-state index >= 15 is 0 Å². The standard InChI is InChI=1S/C25H23N5O6/c1-24(2,3)35-22(31)29-21-16-11-20(27-12-15(16)6-7-17(21)30(33)34)28-18-13-26-9-8-14(18)10-19(28)25(4,5)36-23(29)32/h6-13H,1-5H3. The van der Waals surface area contributed by atoms with Crippen molar-refractivity contribution in [3.63, 3.8) is 0 Å². The summed E-state index contributed by atoms with van der Waals surface area (Å²) in [5.74, 6) is 0.414. The van der Waals surface area contributed by atoms with Crippen LogP contribution >= 0.6 is 0 Å². The Kier molecular flexibility index (Phi) is 4.99. The van der Waals surface area contributed by atoms with Crippen molar-refractivity contribution in [2.75, 3.05) is 4.90 Å². The normalized spacial score (nSPS) is 15.0. The molecule has 0 saturated carbocycles. The molecule has 0 aliphatic carbocycles. The third-order valence-corrected chi connectivity index (χ3v) is 5.81. The van der Waals surface area contributed by atoms with Gasteiger partial charge in [-0.25, -0.2) is 14.6 Å². The summed E-state index contributed by atoms with van der Waals surface area (Å²) in [4.78, 5) is 47.8.